The quantitative estimate of drug-likeness (QED) is 0.789. The molecule has 30 heavy (non-hydrogen) atoms. The second-order valence-electron chi connectivity index (χ2n) is 7.90. The molecule has 0 bridgehead atoms. The summed E-state index contributed by atoms with van der Waals surface area (Å²) >= 11 is 0. The number of fused-ring (bicyclic) bond motifs is 1. The zero-order valence-corrected chi connectivity index (χ0v) is 17.8. The molecule has 2 aromatic carbocycles. The van der Waals surface area contributed by atoms with Crippen molar-refractivity contribution in [3.8, 4) is 0 Å². The third kappa shape index (κ3) is 4.06. The average Bonchev–Trinajstić information content (AvgIpc) is 3.27. The van der Waals surface area contributed by atoms with Gasteiger partial charge in [-0.15, -0.1) is 0 Å². The van der Waals surface area contributed by atoms with Crippen molar-refractivity contribution >= 4 is 27.3 Å². The summed E-state index contributed by atoms with van der Waals surface area (Å²) in [5.74, 6) is -0.624. The predicted molar refractivity (Wildman–Crippen MR) is 115 cm³/mol. The molecule has 0 atom stereocenters. The third-order valence-electron chi connectivity index (χ3n) is 5.79. The van der Waals surface area contributed by atoms with Gasteiger partial charge in [-0.1, -0.05) is 12.1 Å². The van der Waals surface area contributed by atoms with Crippen LogP contribution in [0.25, 0.3) is 0 Å². The molecule has 0 aliphatic carbocycles. The summed E-state index contributed by atoms with van der Waals surface area (Å²) in [7, 11) is -3.55. The number of nitrogens with one attached hydrogen (secondary N) is 1. The van der Waals surface area contributed by atoms with E-state index in [0.29, 0.717) is 31.0 Å². The number of carbonyl (C=O) groups is 1. The lowest BCUT2D eigenvalue weighted by Crippen LogP contribution is -2.37. The van der Waals surface area contributed by atoms with Gasteiger partial charge in [0, 0.05) is 25.3 Å². The van der Waals surface area contributed by atoms with Gasteiger partial charge in [-0.3, -0.25) is 4.79 Å². The molecule has 160 valence electrons. The van der Waals surface area contributed by atoms with Gasteiger partial charge >= 0.3 is 0 Å². The summed E-state index contributed by atoms with van der Waals surface area (Å²) in [4.78, 5) is 14.6. The van der Waals surface area contributed by atoms with E-state index in [2.05, 4.69) is 5.32 Å². The fraction of sp³-hybridized carbons (Fsp3) is 0.409. The summed E-state index contributed by atoms with van der Waals surface area (Å²) in [6.07, 6.45) is 3.38. The molecule has 1 fully saturated rings. The van der Waals surface area contributed by atoms with Gasteiger partial charge in [0.2, 0.25) is 15.9 Å². The molecule has 0 aromatic heterocycles. The van der Waals surface area contributed by atoms with Gasteiger partial charge in [0.1, 0.15) is 5.82 Å². The van der Waals surface area contributed by atoms with E-state index in [1.807, 2.05) is 6.92 Å². The number of sulfonamides is 1. The Kier molecular flexibility index (Phi) is 5.79. The van der Waals surface area contributed by atoms with Crippen LogP contribution in [0.4, 0.5) is 15.8 Å². The molecule has 8 heteroatoms. The predicted octanol–water partition coefficient (Wildman–Crippen LogP) is 3.31. The number of nitrogens with zero attached hydrogens (tertiary/aromatic N) is 2. The number of hydrogen-bond donors (Lipinski definition) is 1. The molecule has 0 spiro atoms. The zero-order chi connectivity index (χ0) is 21.3. The lowest BCUT2D eigenvalue weighted by atomic mass is 9.96. The third-order valence-corrected chi connectivity index (χ3v) is 7.69. The number of amides is 1. The van der Waals surface area contributed by atoms with Gasteiger partial charge in [-0.25, -0.2) is 12.8 Å². The molecule has 4 rings (SSSR count). The van der Waals surface area contributed by atoms with E-state index < -0.39 is 10.0 Å². The molecule has 2 aliphatic heterocycles. The summed E-state index contributed by atoms with van der Waals surface area (Å²) in [6.45, 7) is 3.62. The molecule has 1 saturated heterocycles. The highest BCUT2D eigenvalue weighted by Crippen LogP contribution is 2.32. The molecular formula is C22H26FN3O3S. The van der Waals surface area contributed by atoms with Gasteiger partial charge < -0.3 is 10.2 Å². The molecule has 2 heterocycles. The second-order valence-corrected chi connectivity index (χ2v) is 9.84. The van der Waals surface area contributed by atoms with Crippen LogP contribution in [-0.4, -0.2) is 44.8 Å². The summed E-state index contributed by atoms with van der Waals surface area (Å²) < 4.78 is 41.5. The Hall–Kier alpha value is -2.45. The summed E-state index contributed by atoms with van der Waals surface area (Å²) in [5.41, 5.74) is 2.90. The Labute approximate surface area is 176 Å². The van der Waals surface area contributed by atoms with Crippen LogP contribution in [0.1, 0.15) is 30.4 Å². The van der Waals surface area contributed by atoms with Crippen LogP contribution < -0.4 is 10.2 Å². The Balaban J connectivity index is 1.49. The van der Waals surface area contributed by atoms with Crippen molar-refractivity contribution in [2.45, 2.75) is 37.5 Å². The number of halogens is 1. The highest BCUT2D eigenvalue weighted by molar-refractivity contribution is 7.89. The zero-order valence-electron chi connectivity index (χ0n) is 17.0. The lowest BCUT2D eigenvalue weighted by molar-refractivity contribution is -0.115. The van der Waals surface area contributed by atoms with Crippen LogP contribution in [0.15, 0.2) is 41.3 Å². The van der Waals surface area contributed by atoms with Crippen LogP contribution in [0, 0.1) is 12.7 Å². The van der Waals surface area contributed by atoms with E-state index in [4.69, 9.17) is 0 Å². The SMILES string of the molecule is Cc1ccc(F)c2c1CCCN2CC(=O)Nc1cccc(S(=O)(=O)N2CCCC2)c1. The number of rotatable bonds is 5. The van der Waals surface area contributed by atoms with Crippen LogP contribution in [-0.2, 0) is 21.2 Å². The average molecular weight is 432 g/mol. The molecule has 1 N–H and O–H groups in total. The summed E-state index contributed by atoms with van der Waals surface area (Å²) in [6, 6.07) is 9.53. The minimum absolute atomic E-state index is 0.0104. The number of aryl methyl sites for hydroxylation is 1. The van der Waals surface area contributed by atoms with Gasteiger partial charge in [0.05, 0.1) is 17.1 Å². The molecule has 1 amide bonds. The van der Waals surface area contributed by atoms with Crippen molar-refractivity contribution in [2.75, 3.05) is 36.4 Å². The van der Waals surface area contributed by atoms with Crippen LogP contribution in [0.2, 0.25) is 0 Å². The Morgan fingerprint density at radius 3 is 2.63 bits per heavy atom. The van der Waals surface area contributed by atoms with Gasteiger partial charge in [-0.2, -0.15) is 4.31 Å². The monoisotopic (exact) mass is 431 g/mol. The van der Waals surface area contributed by atoms with E-state index in [1.165, 1.54) is 16.4 Å². The maximum absolute atomic E-state index is 14.5. The van der Waals surface area contributed by atoms with E-state index in [-0.39, 0.29) is 23.2 Å². The molecule has 0 unspecified atom stereocenters. The molecule has 6 nitrogen and oxygen atoms in total. The van der Waals surface area contributed by atoms with Gasteiger partial charge in [0.15, 0.2) is 0 Å². The van der Waals surface area contributed by atoms with Crippen molar-refractivity contribution in [2.24, 2.45) is 0 Å². The standard InChI is InChI=1S/C22H26FN3O3S/c1-16-9-10-20(23)22-19(16)8-5-11-25(22)15-21(27)24-17-6-4-7-18(14-17)30(28,29)26-12-2-3-13-26/h4,6-7,9-10,14H,2-3,5,8,11-13,15H2,1H3,(H,24,27). The highest BCUT2D eigenvalue weighted by atomic mass is 32.2. The Morgan fingerprint density at radius 2 is 1.87 bits per heavy atom. The number of carbonyl (C=O) groups excluding carboxylic acids is 1. The van der Waals surface area contributed by atoms with Crippen molar-refractivity contribution in [1.29, 1.82) is 0 Å². The first-order chi connectivity index (χ1) is 14.4. The number of benzene rings is 2. The lowest BCUT2D eigenvalue weighted by Gasteiger charge is -2.32. The van der Waals surface area contributed by atoms with E-state index in [0.717, 1.165) is 36.8 Å². The van der Waals surface area contributed by atoms with Crippen LogP contribution in [0.5, 0.6) is 0 Å². The van der Waals surface area contributed by atoms with E-state index in [9.17, 15) is 17.6 Å². The maximum Gasteiger partial charge on any atom is 0.243 e. The largest absolute Gasteiger partial charge is 0.360 e. The fourth-order valence-corrected chi connectivity index (χ4v) is 5.83. The first-order valence-electron chi connectivity index (χ1n) is 10.3. The topological polar surface area (TPSA) is 69.7 Å². The summed E-state index contributed by atoms with van der Waals surface area (Å²) in [5, 5.41) is 2.77. The minimum atomic E-state index is -3.55. The smallest absolute Gasteiger partial charge is 0.243 e. The second kappa shape index (κ2) is 8.35. The number of anilines is 2. The first-order valence-corrected chi connectivity index (χ1v) is 11.7. The normalized spacial score (nSPS) is 17.1. The van der Waals surface area contributed by atoms with Crippen LogP contribution >= 0.6 is 0 Å². The Bertz CT molecular complexity index is 1070. The van der Waals surface area contributed by atoms with Crippen molar-refractivity contribution < 1.29 is 17.6 Å². The first kappa shape index (κ1) is 20.8. The highest BCUT2D eigenvalue weighted by Gasteiger charge is 2.28. The molecule has 2 aromatic rings. The molecular weight excluding hydrogens is 405 g/mol. The van der Waals surface area contributed by atoms with Crippen molar-refractivity contribution in [1.82, 2.24) is 4.31 Å². The maximum atomic E-state index is 14.5. The minimum Gasteiger partial charge on any atom is -0.360 e. The fourth-order valence-electron chi connectivity index (χ4n) is 4.27. The van der Waals surface area contributed by atoms with Crippen LogP contribution in [0.3, 0.4) is 0 Å². The Morgan fingerprint density at radius 1 is 1.10 bits per heavy atom. The van der Waals surface area contributed by atoms with E-state index in [1.54, 1.807) is 29.2 Å². The molecule has 0 radical (unpaired) electrons. The van der Waals surface area contributed by atoms with Gasteiger partial charge in [0.25, 0.3) is 0 Å². The van der Waals surface area contributed by atoms with E-state index >= 15 is 0 Å². The molecule has 2 aliphatic rings. The molecule has 0 saturated carbocycles. The van der Waals surface area contributed by atoms with Crippen molar-refractivity contribution in [3.05, 3.63) is 53.3 Å². The number of hydrogen-bond acceptors (Lipinski definition) is 4. The van der Waals surface area contributed by atoms with Gasteiger partial charge in [-0.05, 0) is 68.0 Å². The van der Waals surface area contributed by atoms with Crippen molar-refractivity contribution in [3.63, 3.8) is 0 Å².